The minimum atomic E-state index is -3.71. The summed E-state index contributed by atoms with van der Waals surface area (Å²) in [5.41, 5.74) is 1.66. The Kier molecular flexibility index (Phi) is 6.31. The van der Waals surface area contributed by atoms with E-state index in [0.717, 1.165) is 22.7 Å². The Morgan fingerprint density at radius 2 is 1.77 bits per heavy atom. The van der Waals surface area contributed by atoms with Crippen molar-refractivity contribution in [1.82, 2.24) is 0 Å². The molecule has 0 spiro atoms. The van der Waals surface area contributed by atoms with Crippen molar-refractivity contribution in [3.8, 4) is 5.75 Å². The Morgan fingerprint density at radius 3 is 2.27 bits per heavy atom. The van der Waals surface area contributed by atoms with E-state index in [-0.39, 0.29) is 5.91 Å². The molecule has 2 aromatic carbocycles. The fraction of sp³-hybridized carbons (Fsp3) is 0.333. The number of methoxy groups -OCH3 is 1. The smallest absolute Gasteiger partial charge is 0.247 e. The lowest BCUT2D eigenvalue weighted by Crippen LogP contribution is -2.45. The number of benzene rings is 2. The minimum absolute atomic E-state index is 0.0868. The third-order valence-corrected chi connectivity index (χ3v) is 6.18. The molecule has 2 aromatic rings. The van der Waals surface area contributed by atoms with Gasteiger partial charge in [0.2, 0.25) is 21.8 Å². The van der Waals surface area contributed by atoms with Crippen molar-refractivity contribution in [1.29, 1.82) is 0 Å². The van der Waals surface area contributed by atoms with Crippen molar-refractivity contribution in [2.24, 2.45) is 0 Å². The van der Waals surface area contributed by atoms with Crippen molar-refractivity contribution in [3.63, 3.8) is 0 Å². The molecule has 2 amide bonds. The fourth-order valence-corrected chi connectivity index (χ4v) is 4.61. The highest BCUT2D eigenvalue weighted by Gasteiger charge is 2.29. The van der Waals surface area contributed by atoms with Gasteiger partial charge in [-0.15, -0.1) is 0 Å². The van der Waals surface area contributed by atoms with E-state index in [0.29, 0.717) is 30.1 Å². The van der Waals surface area contributed by atoms with E-state index in [9.17, 15) is 18.0 Å². The van der Waals surface area contributed by atoms with Gasteiger partial charge in [0.1, 0.15) is 11.8 Å². The summed E-state index contributed by atoms with van der Waals surface area (Å²) in [6.07, 6.45) is 2.44. The molecule has 9 heteroatoms. The predicted molar refractivity (Wildman–Crippen MR) is 116 cm³/mol. The van der Waals surface area contributed by atoms with Crippen LogP contribution in [0.3, 0.4) is 0 Å². The molecule has 0 unspecified atom stereocenters. The Morgan fingerprint density at radius 1 is 1.13 bits per heavy atom. The molecule has 1 heterocycles. The Balaban J connectivity index is 1.75. The summed E-state index contributed by atoms with van der Waals surface area (Å²) in [6.45, 7) is 2.21. The Labute approximate surface area is 176 Å². The zero-order valence-corrected chi connectivity index (χ0v) is 18.0. The van der Waals surface area contributed by atoms with Gasteiger partial charge in [-0.3, -0.25) is 13.9 Å². The maximum atomic E-state index is 12.8. The standard InChI is InChI=1S/C21H25N3O5S/c1-15(24(30(3,27)28)18-10-12-19(29-2)13-11-18)21(26)22-16-6-8-17(9-7-16)23-14-4-5-20(23)25/h6-13,15H,4-5,14H2,1-3H3,(H,22,26)/t15-/m1/s1. The summed E-state index contributed by atoms with van der Waals surface area (Å²) in [4.78, 5) is 26.4. The second kappa shape index (κ2) is 8.74. The van der Waals surface area contributed by atoms with Crippen LogP contribution >= 0.6 is 0 Å². The zero-order valence-electron chi connectivity index (χ0n) is 17.2. The van der Waals surface area contributed by atoms with Gasteiger partial charge in [-0.2, -0.15) is 0 Å². The fourth-order valence-electron chi connectivity index (χ4n) is 3.43. The lowest BCUT2D eigenvalue weighted by molar-refractivity contribution is -0.117. The highest BCUT2D eigenvalue weighted by molar-refractivity contribution is 7.92. The molecule has 3 rings (SSSR count). The molecule has 30 heavy (non-hydrogen) atoms. The van der Waals surface area contributed by atoms with Gasteiger partial charge in [-0.1, -0.05) is 0 Å². The number of rotatable bonds is 7. The molecule has 0 saturated carbocycles. The van der Waals surface area contributed by atoms with Gasteiger partial charge in [0.15, 0.2) is 0 Å². The molecule has 1 saturated heterocycles. The minimum Gasteiger partial charge on any atom is -0.497 e. The van der Waals surface area contributed by atoms with Crippen LogP contribution in [0.1, 0.15) is 19.8 Å². The van der Waals surface area contributed by atoms with Crippen LogP contribution < -0.4 is 19.3 Å². The first kappa shape index (κ1) is 21.6. The molecule has 1 atom stereocenters. The number of sulfonamides is 1. The number of carbonyl (C=O) groups excluding carboxylic acids is 2. The first-order chi connectivity index (χ1) is 14.2. The normalized spacial score (nSPS) is 15.0. The summed E-state index contributed by atoms with van der Waals surface area (Å²) >= 11 is 0. The molecule has 8 nitrogen and oxygen atoms in total. The molecule has 0 bridgehead atoms. The quantitative estimate of drug-likeness (QED) is 0.727. The van der Waals surface area contributed by atoms with Crippen molar-refractivity contribution in [2.75, 3.05) is 34.4 Å². The highest BCUT2D eigenvalue weighted by atomic mass is 32.2. The van der Waals surface area contributed by atoms with Crippen LogP contribution in [-0.4, -0.2) is 46.2 Å². The Hall–Kier alpha value is -3.07. The van der Waals surface area contributed by atoms with Crippen LogP contribution in [0, 0.1) is 0 Å². The third kappa shape index (κ3) is 4.73. The second-order valence-corrected chi connectivity index (χ2v) is 8.98. The first-order valence-corrected chi connectivity index (χ1v) is 11.4. The number of anilines is 3. The summed E-state index contributed by atoms with van der Waals surface area (Å²) in [7, 11) is -2.19. The molecule has 160 valence electrons. The zero-order chi connectivity index (χ0) is 21.9. The van der Waals surface area contributed by atoms with Crippen molar-refractivity contribution in [2.45, 2.75) is 25.8 Å². The lowest BCUT2D eigenvalue weighted by atomic mass is 10.2. The van der Waals surface area contributed by atoms with Gasteiger partial charge in [0.25, 0.3) is 0 Å². The van der Waals surface area contributed by atoms with Gasteiger partial charge in [0.05, 0.1) is 19.1 Å². The maximum absolute atomic E-state index is 12.8. The van der Waals surface area contributed by atoms with Crippen LogP contribution in [0.4, 0.5) is 17.1 Å². The van der Waals surface area contributed by atoms with Gasteiger partial charge >= 0.3 is 0 Å². The van der Waals surface area contributed by atoms with Crippen molar-refractivity contribution in [3.05, 3.63) is 48.5 Å². The Bertz CT molecular complexity index is 1020. The molecule has 1 aliphatic heterocycles. The van der Waals surface area contributed by atoms with E-state index in [1.807, 2.05) is 0 Å². The van der Waals surface area contributed by atoms with Gasteiger partial charge < -0.3 is 15.0 Å². The number of amides is 2. The van der Waals surface area contributed by atoms with E-state index < -0.39 is 22.0 Å². The maximum Gasteiger partial charge on any atom is 0.247 e. The lowest BCUT2D eigenvalue weighted by Gasteiger charge is -2.28. The van der Waals surface area contributed by atoms with Gasteiger partial charge in [-0.05, 0) is 61.9 Å². The number of ether oxygens (including phenoxy) is 1. The van der Waals surface area contributed by atoms with Crippen LogP contribution in [0.5, 0.6) is 5.75 Å². The molecular formula is C21H25N3O5S. The molecule has 1 fully saturated rings. The van der Waals surface area contributed by atoms with Gasteiger partial charge in [-0.25, -0.2) is 8.42 Å². The summed E-state index contributed by atoms with van der Waals surface area (Å²) < 4.78 is 30.9. The van der Waals surface area contributed by atoms with Crippen molar-refractivity contribution < 1.29 is 22.7 Å². The van der Waals surface area contributed by atoms with E-state index >= 15 is 0 Å². The predicted octanol–water partition coefficient (Wildman–Crippen LogP) is 2.62. The number of carbonyl (C=O) groups is 2. The monoisotopic (exact) mass is 431 g/mol. The summed E-state index contributed by atoms with van der Waals surface area (Å²) in [5, 5.41) is 2.74. The average molecular weight is 432 g/mol. The summed E-state index contributed by atoms with van der Waals surface area (Å²) in [6, 6.07) is 12.4. The number of hydrogen-bond acceptors (Lipinski definition) is 5. The number of hydrogen-bond donors (Lipinski definition) is 1. The largest absolute Gasteiger partial charge is 0.497 e. The second-order valence-electron chi connectivity index (χ2n) is 7.12. The first-order valence-electron chi connectivity index (χ1n) is 9.55. The topological polar surface area (TPSA) is 96.0 Å². The molecule has 1 N–H and O–H groups in total. The third-order valence-electron chi connectivity index (χ3n) is 4.94. The highest BCUT2D eigenvalue weighted by Crippen LogP contribution is 2.26. The summed E-state index contributed by atoms with van der Waals surface area (Å²) in [5.74, 6) is 0.200. The van der Waals surface area contributed by atoms with Crippen molar-refractivity contribution >= 4 is 38.9 Å². The van der Waals surface area contributed by atoms with E-state index in [1.54, 1.807) is 53.4 Å². The van der Waals surface area contributed by atoms with E-state index in [1.165, 1.54) is 14.0 Å². The van der Waals surface area contributed by atoms with E-state index in [2.05, 4.69) is 5.32 Å². The molecule has 1 aliphatic rings. The molecule has 0 aromatic heterocycles. The molecule has 0 radical (unpaired) electrons. The SMILES string of the molecule is COc1ccc(N([C@H](C)C(=O)Nc2ccc(N3CCCC3=O)cc2)S(C)(=O)=O)cc1. The number of nitrogens with one attached hydrogen (secondary N) is 1. The van der Waals surface area contributed by atoms with Crippen LogP contribution in [0.15, 0.2) is 48.5 Å². The molecule has 0 aliphatic carbocycles. The van der Waals surface area contributed by atoms with Crippen LogP contribution in [0.2, 0.25) is 0 Å². The van der Waals surface area contributed by atoms with Crippen LogP contribution in [-0.2, 0) is 19.6 Å². The molecular weight excluding hydrogens is 406 g/mol. The number of nitrogens with zero attached hydrogens (tertiary/aromatic N) is 2. The van der Waals surface area contributed by atoms with Crippen LogP contribution in [0.25, 0.3) is 0 Å². The van der Waals surface area contributed by atoms with Gasteiger partial charge in [0, 0.05) is 24.3 Å². The average Bonchev–Trinajstić information content (AvgIpc) is 3.14. The van der Waals surface area contributed by atoms with E-state index in [4.69, 9.17) is 4.74 Å².